The van der Waals surface area contributed by atoms with E-state index in [1.165, 1.54) is 57.8 Å². The maximum atomic E-state index is 12.1. The lowest BCUT2D eigenvalue weighted by Gasteiger charge is -2.08. The third kappa shape index (κ3) is 15.8. The third-order valence-electron chi connectivity index (χ3n) is 5.38. The minimum absolute atomic E-state index is 0.167. The minimum atomic E-state index is -0.278. The molecule has 0 radical (unpaired) electrons. The number of carbonyl (C=O) groups is 1. The number of benzene rings is 1. The zero-order chi connectivity index (χ0) is 22.4. The zero-order valence-electron chi connectivity index (χ0n) is 19.7. The van der Waals surface area contributed by atoms with Gasteiger partial charge in [0.2, 0.25) is 0 Å². The summed E-state index contributed by atoms with van der Waals surface area (Å²) in [6.07, 6.45) is 16.0. The minimum Gasteiger partial charge on any atom is -0.494 e. The molecule has 0 atom stereocenters. The highest BCUT2D eigenvalue weighted by molar-refractivity contribution is 5.89. The Kier molecular flexibility index (Phi) is 18.0. The van der Waals surface area contributed by atoms with Gasteiger partial charge in [0.25, 0.3) is 0 Å². The molecule has 0 fully saturated rings. The molecule has 0 aliphatic heterocycles. The molecule has 0 saturated carbocycles. The lowest BCUT2D eigenvalue weighted by molar-refractivity contribution is 0.0498. The van der Waals surface area contributed by atoms with Gasteiger partial charge in [0.05, 0.1) is 25.4 Å². The molecule has 0 unspecified atom stereocenters. The van der Waals surface area contributed by atoms with E-state index in [0.717, 1.165) is 44.6 Å². The van der Waals surface area contributed by atoms with Gasteiger partial charge in [0.15, 0.2) is 0 Å². The normalized spacial score (nSPS) is 10.9. The van der Waals surface area contributed by atoms with Crippen LogP contribution in [0.3, 0.4) is 0 Å². The van der Waals surface area contributed by atoms with Crippen LogP contribution in [0.1, 0.15) is 101 Å². The molecule has 31 heavy (non-hydrogen) atoms. The maximum absolute atomic E-state index is 12.1. The molecule has 1 rings (SSSR count). The Balaban J connectivity index is 2.01. The van der Waals surface area contributed by atoms with Gasteiger partial charge < -0.3 is 19.9 Å². The number of rotatable bonds is 21. The fourth-order valence-electron chi connectivity index (χ4n) is 3.45. The van der Waals surface area contributed by atoms with Gasteiger partial charge in [-0.1, -0.05) is 64.7 Å². The van der Waals surface area contributed by atoms with Crippen LogP contribution in [0.4, 0.5) is 0 Å². The number of hydrogen-bond acceptors (Lipinski definition) is 5. The first-order chi connectivity index (χ1) is 15.3. The van der Waals surface area contributed by atoms with Crippen molar-refractivity contribution >= 4 is 5.97 Å². The second kappa shape index (κ2) is 20.3. The Bertz CT molecular complexity index is 533. The zero-order valence-corrected chi connectivity index (χ0v) is 19.7. The highest BCUT2D eigenvalue weighted by Crippen LogP contribution is 2.15. The van der Waals surface area contributed by atoms with Crippen LogP contribution in [-0.2, 0) is 4.74 Å². The molecule has 0 aromatic heterocycles. The number of aliphatic hydroxyl groups excluding tert-OH is 1. The average molecular weight is 436 g/mol. The molecule has 178 valence electrons. The maximum Gasteiger partial charge on any atom is 0.338 e. The molecule has 0 saturated heterocycles. The summed E-state index contributed by atoms with van der Waals surface area (Å²) in [6, 6.07) is 7.24. The van der Waals surface area contributed by atoms with Crippen molar-refractivity contribution in [1.82, 2.24) is 5.32 Å². The summed E-state index contributed by atoms with van der Waals surface area (Å²) < 4.78 is 11.1. The van der Waals surface area contributed by atoms with Gasteiger partial charge in [-0.05, 0) is 56.5 Å². The van der Waals surface area contributed by atoms with Crippen LogP contribution in [0, 0.1) is 0 Å². The van der Waals surface area contributed by atoms with Crippen molar-refractivity contribution in [2.75, 3.05) is 32.9 Å². The van der Waals surface area contributed by atoms with E-state index < -0.39 is 0 Å². The number of carbonyl (C=O) groups excluding carboxylic acids is 1. The van der Waals surface area contributed by atoms with Crippen molar-refractivity contribution < 1.29 is 19.4 Å². The summed E-state index contributed by atoms with van der Waals surface area (Å²) in [4.78, 5) is 12.1. The summed E-state index contributed by atoms with van der Waals surface area (Å²) >= 11 is 0. The van der Waals surface area contributed by atoms with E-state index >= 15 is 0 Å². The molecule has 5 heteroatoms. The lowest BCUT2D eigenvalue weighted by Crippen LogP contribution is -2.19. The van der Waals surface area contributed by atoms with Gasteiger partial charge in [-0.15, -0.1) is 0 Å². The first kappa shape index (κ1) is 27.4. The summed E-state index contributed by atoms with van der Waals surface area (Å²) in [5.74, 6) is 0.530. The Morgan fingerprint density at radius 1 is 0.774 bits per heavy atom. The van der Waals surface area contributed by atoms with Crippen molar-refractivity contribution in [3.8, 4) is 5.75 Å². The number of ether oxygens (including phenoxy) is 2. The Morgan fingerprint density at radius 3 is 2.00 bits per heavy atom. The van der Waals surface area contributed by atoms with Gasteiger partial charge in [-0.25, -0.2) is 4.79 Å². The molecule has 1 aromatic carbocycles. The van der Waals surface area contributed by atoms with Crippen LogP contribution in [0.15, 0.2) is 24.3 Å². The van der Waals surface area contributed by atoms with Crippen LogP contribution < -0.4 is 10.1 Å². The van der Waals surface area contributed by atoms with Crippen molar-refractivity contribution in [1.29, 1.82) is 0 Å². The first-order valence-electron chi connectivity index (χ1n) is 12.5. The second-order valence-corrected chi connectivity index (χ2v) is 8.23. The molecule has 5 nitrogen and oxygen atoms in total. The molecular formula is C26H45NO4. The molecule has 0 aliphatic rings. The van der Waals surface area contributed by atoms with Crippen molar-refractivity contribution in [3.05, 3.63) is 29.8 Å². The van der Waals surface area contributed by atoms with Crippen molar-refractivity contribution in [3.63, 3.8) is 0 Å². The first-order valence-corrected chi connectivity index (χ1v) is 12.5. The average Bonchev–Trinajstić information content (AvgIpc) is 2.79. The van der Waals surface area contributed by atoms with Crippen molar-refractivity contribution in [2.24, 2.45) is 0 Å². The fraction of sp³-hybridized carbons (Fsp3) is 0.731. The molecule has 0 spiro atoms. The van der Waals surface area contributed by atoms with Gasteiger partial charge >= 0.3 is 5.97 Å². The predicted molar refractivity (Wildman–Crippen MR) is 128 cm³/mol. The molecular weight excluding hydrogens is 390 g/mol. The van der Waals surface area contributed by atoms with Crippen LogP contribution in [0.25, 0.3) is 0 Å². The monoisotopic (exact) mass is 435 g/mol. The van der Waals surface area contributed by atoms with Gasteiger partial charge in [0.1, 0.15) is 5.75 Å². The van der Waals surface area contributed by atoms with E-state index in [9.17, 15) is 4.79 Å². The van der Waals surface area contributed by atoms with E-state index in [0.29, 0.717) is 18.7 Å². The Hall–Kier alpha value is -1.59. The van der Waals surface area contributed by atoms with Crippen LogP contribution in [0.2, 0.25) is 0 Å². The molecule has 2 N–H and O–H groups in total. The standard InChI is InChI=1S/C26H45NO4/c1-2-3-4-5-6-7-8-9-10-13-22-30-25-17-15-24(16-18-25)26(29)31-23-14-11-12-19-27-20-21-28/h15-18,27-28H,2-14,19-23H2,1H3. The van der Waals surface area contributed by atoms with Gasteiger partial charge in [-0.2, -0.15) is 0 Å². The Morgan fingerprint density at radius 2 is 1.35 bits per heavy atom. The van der Waals surface area contributed by atoms with Crippen LogP contribution >= 0.6 is 0 Å². The summed E-state index contributed by atoms with van der Waals surface area (Å²) in [7, 11) is 0. The number of aliphatic hydroxyl groups is 1. The highest BCUT2D eigenvalue weighted by Gasteiger charge is 2.07. The largest absolute Gasteiger partial charge is 0.494 e. The predicted octanol–water partition coefficient (Wildman–Crippen LogP) is 5.90. The number of hydrogen-bond donors (Lipinski definition) is 2. The van der Waals surface area contributed by atoms with E-state index in [1.54, 1.807) is 12.1 Å². The molecule has 0 amide bonds. The quantitative estimate of drug-likeness (QED) is 0.186. The fourth-order valence-corrected chi connectivity index (χ4v) is 3.45. The van der Waals surface area contributed by atoms with Gasteiger partial charge in [-0.3, -0.25) is 0 Å². The highest BCUT2D eigenvalue weighted by atomic mass is 16.5. The number of unbranched alkanes of at least 4 members (excludes halogenated alkanes) is 11. The summed E-state index contributed by atoms with van der Waals surface area (Å²) in [6.45, 7) is 5.11. The van der Waals surface area contributed by atoms with E-state index in [2.05, 4.69) is 12.2 Å². The second-order valence-electron chi connectivity index (χ2n) is 8.23. The SMILES string of the molecule is CCCCCCCCCCCCOc1ccc(C(=O)OCCCCCNCCO)cc1. The molecule has 1 aromatic rings. The summed E-state index contributed by atoms with van der Waals surface area (Å²) in [5.41, 5.74) is 0.566. The van der Waals surface area contributed by atoms with Crippen molar-refractivity contribution in [2.45, 2.75) is 90.4 Å². The van der Waals surface area contributed by atoms with Crippen LogP contribution in [0.5, 0.6) is 5.75 Å². The molecule has 0 bridgehead atoms. The van der Waals surface area contributed by atoms with E-state index in [4.69, 9.17) is 14.6 Å². The molecule has 0 heterocycles. The third-order valence-corrected chi connectivity index (χ3v) is 5.38. The molecule has 0 aliphatic carbocycles. The Labute approximate surface area is 189 Å². The van der Waals surface area contributed by atoms with Crippen LogP contribution in [-0.4, -0.2) is 44.0 Å². The smallest absolute Gasteiger partial charge is 0.338 e. The van der Waals surface area contributed by atoms with Gasteiger partial charge in [0, 0.05) is 6.54 Å². The topological polar surface area (TPSA) is 67.8 Å². The van der Waals surface area contributed by atoms with E-state index in [-0.39, 0.29) is 12.6 Å². The van der Waals surface area contributed by atoms with E-state index in [1.807, 2.05) is 12.1 Å². The number of esters is 1. The number of nitrogens with one attached hydrogen (secondary N) is 1. The lowest BCUT2D eigenvalue weighted by atomic mass is 10.1. The summed E-state index contributed by atoms with van der Waals surface area (Å²) in [5, 5.41) is 11.8.